The largest absolute Gasteiger partial charge is 0.389 e. The first-order chi connectivity index (χ1) is 8.56. The van der Waals surface area contributed by atoms with Gasteiger partial charge in [0.25, 0.3) is 0 Å². The number of hydrogen-bond acceptors (Lipinski definition) is 3. The van der Waals surface area contributed by atoms with E-state index in [1.807, 2.05) is 13.8 Å². The predicted octanol–water partition coefficient (Wildman–Crippen LogP) is 2.33. The molecule has 0 aliphatic carbocycles. The van der Waals surface area contributed by atoms with Gasteiger partial charge in [-0.25, -0.2) is 13.1 Å². The highest BCUT2D eigenvalue weighted by atomic mass is 35.5. The number of hydrogen-bond donors (Lipinski definition) is 2. The van der Waals surface area contributed by atoms with Gasteiger partial charge in [0.1, 0.15) is 0 Å². The number of nitrogens with one attached hydrogen (secondary N) is 1. The van der Waals surface area contributed by atoms with Crippen molar-refractivity contribution in [2.75, 3.05) is 6.54 Å². The maximum absolute atomic E-state index is 12.1. The molecule has 0 radical (unpaired) electrons. The zero-order chi connectivity index (χ0) is 14.8. The maximum atomic E-state index is 12.1. The molecule has 0 amide bonds. The van der Waals surface area contributed by atoms with Gasteiger partial charge in [-0.1, -0.05) is 31.5 Å². The fourth-order valence-corrected chi connectivity index (χ4v) is 2.68. The summed E-state index contributed by atoms with van der Waals surface area (Å²) in [5.41, 5.74) is -0.281. The molecule has 1 aromatic carbocycles. The Morgan fingerprint density at radius 3 is 2.47 bits per heavy atom. The lowest BCUT2D eigenvalue weighted by molar-refractivity contribution is 0.0190. The van der Waals surface area contributed by atoms with Crippen molar-refractivity contribution in [2.45, 2.75) is 38.2 Å². The second-order valence-electron chi connectivity index (χ2n) is 5.25. The summed E-state index contributed by atoms with van der Waals surface area (Å²) in [5, 5.41) is 10.4. The van der Waals surface area contributed by atoms with Crippen LogP contribution >= 0.6 is 11.6 Å². The van der Waals surface area contributed by atoms with Gasteiger partial charge in [0.2, 0.25) is 10.0 Å². The van der Waals surface area contributed by atoms with E-state index < -0.39 is 15.6 Å². The Balaban J connectivity index is 2.90. The van der Waals surface area contributed by atoms with E-state index in [2.05, 4.69) is 4.72 Å². The molecule has 1 atom stereocenters. The quantitative estimate of drug-likeness (QED) is 0.877. The summed E-state index contributed by atoms with van der Waals surface area (Å²) >= 11 is 5.92. The van der Waals surface area contributed by atoms with Gasteiger partial charge in [-0.15, -0.1) is 0 Å². The number of aryl methyl sites for hydroxylation is 1. The highest BCUT2D eigenvalue weighted by Crippen LogP contribution is 2.21. The second-order valence-corrected chi connectivity index (χ2v) is 7.42. The minimum Gasteiger partial charge on any atom is -0.389 e. The molecular formula is C13H20ClNO3S. The summed E-state index contributed by atoms with van der Waals surface area (Å²) in [4.78, 5) is 0.0997. The fraction of sp³-hybridized carbons (Fsp3) is 0.538. The predicted molar refractivity (Wildman–Crippen MR) is 76.8 cm³/mol. The molecule has 0 fully saturated rings. The average Bonchev–Trinajstić information content (AvgIpc) is 2.30. The van der Waals surface area contributed by atoms with Crippen molar-refractivity contribution in [3.8, 4) is 0 Å². The summed E-state index contributed by atoms with van der Waals surface area (Å²) in [7, 11) is -3.66. The topological polar surface area (TPSA) is 66.4 Å². The Hall–Kier alpha value is -0.620. The van der Waals surface area contributed by atoms with E-state index in [0.29, 0.717) is 5.02 Å². The van der Waals surface area contributed by atoms with Crippen LogP contribution in [0.4, 0.5) is 0 Å². The summed E-state index contributed by atoms with van der Waals surface area (Å²) in [6.45, 7) is 7.02. The minimum absolute atomic E-state index is 0.0432. The SMILES string of the molecule is Cc1ccc(S(=O)(=O)NCC(C)(O)C(C)C)cc1Cl. The third-order valence-electron chi connectivity index (χ3n) is 3.32. The van der Waals surface area contributed by atoms with Gasteiger partial charge in [0.05, 0.1) is 10.5 Å². The summed E-state index contributed by atoms with van der Waals surface area (Å²) in [5.74, 6) is -0.0585. The standard InChI is InChI=1S/C13H20ClNO3S/c1-9(2)13(4,16)8-15-19(17,18)11-6-5-10(3)12(14)7-11/h5-7,9,15-16H,8H2,1-4H3. The molecule has 0 saturated carbocycles. The third-order valence-corrected chi connectivity index (χ3v) is 5.12. The number of benzene rings is 1. The number of rotatable bonds is 5. The molecule has 0 bridgehead atoms. The van der Waals surface area contributed by atoms with Crippen LogP contribution in [0.5, 0.6) is 0 Å². The number of halogens is 1. The van der Waals surface area contributed by atoms with Crippen molar-refractivity contribution in [3.63, 3.8) is 0 Å². The van der Waals surface area contributed by atoms with Gasteiger partial charge < -0.3 is 5.11 Å². The molecular weight excluding hydrogens is 286 g/mol. The Labute approximate surface area is 119 Å². The van der Waals surface area contributed by atoms with E-state index in [-0.39, 0.29) is 17.4 Å². The molecule has 0 saturated heterocycles. The summed E-state index contributed by atoms with van der Waals surface area (Å²) < 4.78 is 26.6. The van der Waals surface area contributed by atoms with Crippen LogP contribution in [0.3, 0.4) is 0 Å². The van der Waals surface area contributed by atoms with E-state index in [0.717, 1.165) is 5.56 Å². The van der Waals surface area contributed by atoms with Crippen LogP contribution in [-0.2, 0) is 10.0 Å². The van der Waals surface area contributed by atoms with Gasteiger partial charge in [0, 0.05) is 11.6 Å². The Bertz CT molecular complexity index is 553. The molecule has 4 nitrogen and oxygen atoms in total. The Kier molecular flexibility index (Phi) is 5.01. The molecule has 19 heavy (non-hydrogen) atoms. The lowest BCUT2D eigenvalue weighted by Crippen LogP contribution is -2.44. The highest BCUT2D eigenvalue weighted by Gasteiger charge is 2.27. The Morgan fingerprint density at radius 1 is 1.42 bits per heavy atom. The molecule has 2 N–H and O–H groups in total. The third kappa shape index (κ3) is 4.18. The average molecular weight is 306 g/mol. The number of sulfonamides is 1. The molecule has 0 heterocycles. The molecule has 0 aliphatic rings. The second kappa shape index (κ2) is 5.79. The summed E-state index contributed by atoms with van der Waals surface area (Å²) in [6, 6.07) is 4.55. The lowest BCUT2D eigenvalue weighted by Gasteiger charge is -2.27. The first-order valence-corrected chi connectivity index (χ1v) is 7.90. The van der Waals surface area contributed by atoms with Gasteiger partial charge >= 0.3 is 0 Å². The molecule has 0 aromatic heterocycles. The molecule has 1 aromatic rings. The van der Waals surface area contributed by atoms with Gasteiger partial charge in [-0.3, -0.25) is 0 Å². The van der Waals surface area contributed by atoms with Crippen LogP contribution in [0, 0.1) is 12.8 Å². The number of aliphatic hydroxyl groups is 1. The van der Waals surface area contributed by atoms with Gasteiger partial charge in [-0.2, -0.15) is 0 Å². The molecule has 1 unspecified atom stereocenters. The van der Waals surface area contributed by atoms with E-state index >= 15 is 0 Å². The van der Waals surface area contributed by atoms with Crippen LogP contribution in [0.25, 0.3) is 0 Å². The van der Waals surface area contributed by atoms with E-state index in [4.69, 9.17) is 11.6 Å². The first kappa shape index (κ1) is 16.4. The van der Waals surface area contributed by atoms with Crippen molar-refractivity contribution >= 4 is 21.6 Å². The fourth-order valence-electron chi connectivity index (χ4n) is 1.27. The molecule has 0 aliphatic heterocycles. The minimum atomic E-state index is -3.66. The van der Waals surface area contributed by atoms with Crippen LogP contribution in [0.15, 0.2) is 23.1 Å². The smallest absolute Gasteiger partial charge is 0.240 e. The van der Waals surface area contributed by atoms with Crippen molar-refractivity contribution < 1.29 is 13.5 Å². The molecule has 108 valence electrons. The zero-order valence-electron chi connectivity index (χ0n) is 11.6. The van der Waals surface area contributed by atoms with Gasteiger partial charge in [0.15, 0.2) is 0 Å². The molecule has 0 spiro atoms. The van der Waals surface area contributed by atoms with Gasteiger partial charge in [-0.05, 0) is 37.5 Å². The van der Waals surface area contributed by atoms with Crippen LogP contribution in [-0.4, -0.2) is 25.7 Å². The molecule has 1 rings (SSSR count). The monoisotopic (exact) mass is 305 g/mol. The van der Waals surface area contributed by atoms with E-state index in [9.17, 15) is 13.5 Å². The van der Waals surface area contributed by atoms with Crippen LogP contribution < -0.4 is 4.72 Å². The van der Waals surface area contributed by atoms with Crippen molar-refractivity contribution in [1.29, 1.82) is 0 Å². The maximum Gasteiger partial charge on any atom is 0.240 e. The zero-order valence-corrected chi connectivity index (χ0v) is 13.1. The highest BCUT2D eigenvalue weighted by molar-refractivity contribution is 7.89. The van der Waals surface area contributed by atoms with Crippen LogP contribution in [0.2, 0.25) is 5.02 Å². The lowest BCUT2D eigenvalue weighted by atomic mass is 9.93. The Morgan fingerprint density at radius 2 is 2.00 bits per heavy atom. The van der Waals surface area contributed by atoms with Crippen molar-refractivity contribution in [1.82, 2.24) is 4.72 Å². The van der Waals surface area contributed by atoms with E-state index in [1.165, 1.54) is 12.1 Å². The van der Waals surface area contributed by atoms with Crippen molar-refractivity contribution in [3.05, 3.63) is 28.8 Å². The van der Waals surface area contributed by atoms with Crippen molar-refractivity contribution in [2.24, 2.45) is 5.92 Å². The first-order valence-electron chi connectivity index (χ1n) is 6.04. The van der Waals surface area contributed by atoms with E-state index in [1.54, 1.807) is 19.9 Å². The van der Waals surface area contributed by atoms with Crippen LogP contribution in [0.1, 0.15) is 26.3 Å². The summed E-state index contributed by atoms with van der Waals surface area (Å²) in [6.07, 6.45) is 0. The normalized spacial score (nSPS) is 15.5. The molecule has 6 heteroatoms.